The Kier molecular flexibility index (Phi) is 4.36. The van der Waals surface area contributed by atoms with Crippen molar-refractivity contribution in [1.29, 1.82) is 0 Å². The van der Waals surface area contributed by atoms with Gasteiger partial charge >= 0.3 is 18.9 Å². The Morgan fingerprint density at radius 1 is 1.36 bits per heavy atom. The molecule has 0 atom stereocenters. The molecular formula is C8H11LiN2O3. The van der Waals surface area contributed by atoms with Gasteiger partial charge in [0, 0.05) is 0 Å². The maximum Gasteiger partial charge on any atom is 1.00 e. The van der Waals surface area contributed by atoms with E-state index in [1.807, 2.05) is 5.32 Å². The molecule has 1 rings (SSSR count). The summed E-state index contributed by atoms with van der Waals surface area (Å²) in [5.41, 5.74) is -1.12. The van der Waals surface area contributed by atoms with Crippen LogP contribution in [0.25, 0.3) is 0 Å². The number of amides is 2. The van der Waals surface area contributed by atoms with Gasteiger partial charge in [-0.2, -0.15) is 0 Å². The van der Waals surface area contributed by atoms with E-state index in [4.69, 9.17) is 0 Å². The van der Waals surface area contributed by atoms with Crippen molar-refractivity contribution in [3.63, 3.8) is 0 Å². The molecule has 72 valence electrons. The average molecular weight is 190 g/mol. The minimum Gasteiger partial charge on any atom is -0.846 e. The predicted octanol–water partition coefficient (Wildman–Crippen LogP) is -3.83. The fourth-order valence-electron chi connectivity index (χ4n) is 1.41. The van der Waals surface area contributed by atoms with Crippen molar-refractivity contribution in [2.45, 2.75) is 26.7 Å². The van der Waals surface area contributed by atoms with Crippen LogP contribution < -0.4 is 29.3 Å². The molecule has 1 heterocycles. The number of carbonyl (C=O) groups is 2. The van der Waals surface area contributed by atoms with Crippen LogP contribution in [-0.4, -0.2) is 17.8 Å². The van der Waals surface area contributed by atoms with Crippen LogP contribution in [0.1, 0.15) is 26.7 Å². The van der Waals surface area contributed by atoms with Gasteiger partial charge < -0.3 is 10.4 Å². The van der Waals surface area contributed by atoms with Crippen molar-refractivity contribution < 1.29 is 33.6 Å². The molecule has 5 nitrogen and oxygen atoms in total. The van der Waals surface area contributed by atoms with Crippen molar-refractivity contribution in [2.75, 3.05) is 0 Å². The molecule has 0 radical (unpaired) electrons. The molecule has 1 aliphatic rings. The Morgan fingerprint density at radius 2 is 1.86 bits per heavy atom. The average Bonchev–Trinajstić information content (AvgIpc) is 2.05. The molecular weight excluding hydrogens is 179 g/mol. The van der Waals surface area contributed by atoms with Crippen LogP contribution in [0, 0.1) is 5.41 Å². The largest absolute Gasteiger partial charge is 1.00 e. The van der Waals surface area contributed by atoms with Crippen LogP contribution in [0.15, 0.2) is 4.99 Å². The third-order valence-corrected chi connectivity index (χ3v) is 2.47. The maximum absolute atomic E-state index is 11.4. The number of nitrogens with zero attached hydrogens (tertiary/aromatic N) is 1. The normalized spacial score (nSPS) is 19.4. The predicted molar refractivity (Wildman–Crippen MR) is 43.6 cm³/mol. The van der Waals surface area contributed by atoms with E-state index in [9.17, 15) is 14.7 Å². The van der Waals surface area contributed by atoms with Gasteiger partial charge in [0.25, 0.3) is 5.91 Å². The summed E-state index contributed by atoms with van der Waals surface area (Å²) in [5.74, 6) is -1.14. The molecule has 0 unspecified atom stereocenters. The maximum atomic E-state index is 11.4. The molecule has 0 saturated heterocycles. The van der Waals surface area contributed by atoms with Crippen LogP contribution >= 0.6 is 0 Å². The Balaban J connectivity index is 0.00000169. The molecule has 0 spiro atoms. The van der Waals surface area contributed by atoms with Gasteiger partial charge in [0.2, 0.25) is 5.91 Å². The molecule has 1 aliphatic heterocycles. The van der Waals surface area contributed by atoms with Gasteiger partial charge in [-0.1, -0.05) is 13.8 Å². The quantitative estimate of drug-likeness (QED) is 0.358. The Labute approximate surface area is 94.1 Å². The zero-order valence-corrected chi connectivity index (χ0v) is 8.59. The van der Waals surface area contributed by atoms with E-state index in [-0.39, 0.29) is 18.9 Å². The number of rotatable bonds is 2. The topological polar surface area (TPSA) is 81.6 Å². The molecule has 14 heavy (non-hydrogen) atoms. The van der Waals surface area contributed by atoms with Crippen molar-refractivity contribution in [3.8, 4) is 0 Å². The second-order valence-electron chi connectivity index (χ2n) is 2.97. The molecule has 0 saturated carbocycles. The first-order valence-electron chi connectivity index (χ1n) is 4.18. The number of hydrogen-bond donors (Lipinski definition) is 1. The number of hydrogen-bond acceptors (Lipinski definition) is 3. The smallest absolute Gasteiger partial charge is 0.846 e. The van der Waals surface area contributed by atoms with Gasteiger partial charge in [-0.25, -0.2) is 4.99 Å². The summed E-state index contributed by atoms with van der Waals surface area (Å²) in [6.07, 6.45) is 0.732. The second kappa shape index (κ2) is 4.63. The number of carbonyl (C=O) groups excluding carboxylic acids is 2. The zero-order valence-electron chi connectivity index (χ0n) is 8.59. The monoisotopic (exact) mass is 190 g/mol. The summed E-state index contributed by atoms with van der Waals surface area (Å²) in [6.45, 7) is 3.46. The van der Waals surface area contributed by atoms with Crippen molar-refractivity contribution in [2.24, 2.45) is 10.4 Å². The molecule has 2 amide bonds. The molecule has 0 aromatic rings. The van der Waals surface area contributed by atoms with Gasteiger partial charge in [0.1, 0.15) is 5.41 Å². The SMILES string of the molecule is CCC1(CC)C(=O)N=C([O-])NC1=O.[Li+]. The summed E-state index contributed by atoms with van der Waals surface area (Å²) < 4.78 is 0. The molecule has 6 heteroatoms. The first-order valence-corrected chi connectivity index (χ1v) is 4.18. The summed E-state index contributed by atoms with van der Waals surface area (Å²) in [7, 11) is 0. The Hall–Kier alpha value is -0.793. The van der Waals surface area contributed by atoms with Gasteiger partial charge in [0.15, 0.2) is 0 Å². The van der Waals surface area contributed by atoms with E-state index in [0.717, 1.165) is 0 Å². The molecule has 0 bridgehead atoms. The van der Waals surface area contributed by atoms with Crippen LogP contribution in [0.2, 0.25) is 0 Å². The minimum absolute atomic E-state index is 0. The Morgan fingerprint density at radius 3 is 2.21 bits per heavy atom. The fraction of sp³-hybridized carbons (Fsp3) is 0.625. The summed E-state index contributed by atoms with van der Waals surface area (Å²) in [4.78, 5) is 26.0. The van der Waals surface area contributed by atoms with Crippen molar-refractivity contribution >= 4 is 17.8 Å². The minimum atomic E-state index is -1.12. The molecule has 1 N–H and O–H groups in total. The van der Waals surface area contributed by atoms with Gasteiger partial charge in [-0.15, -0.1) is 0 Å². The molecule has 0 fully saturated rings. The Bertz CT molecular complexity index is 284. The van der Waals surface area contributed by atoms with E-state index in [2.05, 4.69) is 4.99 Å². The van der Waals surface area contributed by atoms with Gasteiger partial charge in [-0.05, 0) is 12.8 Å². The summed E-state index contributed by atoms with van der Waals surface area (Å²) in [6, 6.07) is -0.854. The van der Waals surface area contributed by atoms with Crippen LogP contribution in [0.5, 0.6) is 0 Å². The van der Waals surface area contributed by atoms with E-state index in [1.54, 1.807) is 13.8 Å². The number of aliphatic imine (C=N–C) groups is 1. The van der Waals surface area contributed by atoms with E-state index in [0.29, 0.717) is 12.8 Å². The van der Waals surface area contributed by atoms with Crippen LogP contribution in [0.3, 0.4) is 0 Å². The van der Waals surface area contributed by atoms with Gasteiger partial charge in [0.05, 0.1) is 6.02 Å². The van der Waals surface area contributed by atoms with E-state index >= 15 is 0 Å². The zero-order chi connectivity index (χ0) is 10.1. The van der Waals surface area contributed by atoms with Crippen LogP contribution in [0.4, 0.5) is 0 Å². The van der Waals surface area contributed by atoms with Gasteiger partial charge in [-0.3, -0.25) is 9.59 Å². The van der Waals surface area contributed by atoms with E-state index < -0.39 is 23.3 Å². The summed E-state index contributed by atoms with van der Waals surface area (Å²) in [5, 5.41) is 12.7. The second-order valence-corrected chi connectivity index (χ2v) is 2.97. The first kappa shape index (κ1) is 13.2. The third-order valence-electron chi connectivity index (χ3n) is 2.47. The third kappa shape index (κ3) is 1.84. The van der Waals surface area contributed by atoms with Crippen molar-refractivity contribution in [1.82, 2.24) is 5.32 Å². The van der Waals surface area contributed by atoms with Crippen molar-refractivity contribution in [3.05, 3.63) is 0 Å². The standard InChI is InChI=1S/C8H12N2O3.Li/c1-3-8(4-2)5(11)9-7(13)10-6(8)12;/h3-4H2,1-2H3,(H2,9,10,11,12,13);/q;+1/p-1. The fourth-order valence-corrected chi connectivity index (χ4v) is 1.41. The van der Waals surface area contributed by atoms with E-state index in [1.165, 1.54) is 0 Å². The molecule has 0 aliphatic carbocycles. The van der Waals surface area contributed by atoms with Crippen LogP contribution in [-0.2, 0) is 9.59 Å². The summed E-state index contributed by atoms with van der Waals surface area (Å²) >= 11 is 0. The molecule has 0 aromatic carbocycles. The first-order chi connectivity index (χ1) is 6.06. The number of nitrogens with one attached hydrogen (secondary N) is 1. The number of amidine groups is 1. The molecule has 0 aromatic heterocycles.